The molecule has 2 N–H and O–H groups in total. The molecule has 5 heteroatoms. The molecule has 1 aromatic carbocycles. The fourth-order valence-electron chi connectivity index (χ4n) is 0.790. The molecular formula is C7H7NO3S. The minimum atomic E-state index is -0.603. The highest BCUT2D eigenvalue weighted by atomic mass is 32.2. The molecule has 0 aromatic heterocycles. The van der Waals surface area contributed by atoms with Gasteiger partial charge < -0.3 is 9.92 Å². The zero-order valence-electron chi connectivity index (χ0n) is 6.06. The first-order valence-corrected chi connectivity index (χ1v) is 3.87. The summed E-state index contributed by atoms with van der Waals surface area (Å²) in [6, 6.07) is 6.33. The Morgan fingerprint density at radius 1 is 1.42 bits per heavy atom. The molecular weight excluding hydrogens is 178 g/mol. The molecule has 0 aliphatic heterocycles. The largest absolute Gasteiger partial charge is 0.402 e. The average molecular weight is 185 g/mol. The maximum atomic E-state index is 10.7. The van der Waals surface area contributed by atoms with Gasteiger partial charge in [-0.05, 0) is 12.1 Å². The number of amides is 1. The summed E-state index contributed by atoms with van der Waals surface area (Å²) in [6.45, 7) is 0. The van der Waals surface area contributed by atoms with Crippen LogP contribution < -0.4 is 9.92 Å². The number of primary amides is 1. The molecule has 0 radical (unpaired) electrons. The van der Waals surface area contributed by atoms with Gasteiger partial charge in [-0.3, -0.25) is 4.79 Å². The van der Waals surface area contributed by atoms with Crippen LogP contribution in [-0.4, -0.2) is 10.1 Å². The van der Waals surface area contributed by atoms with Crippen molar-refractivity contribution < 1.29 is 13.2 Å². The van der Waals surface area contributed by atoms with Crippen molar-refractivity contribution in [2.75, 3.05) is 0 Å². The summed E-state index contributed by atoms with van der Waals surface area (Å²) >= 11 is -0.502. The molecule has 0 fully saturated rings. The van der Waals surface area contributed by atoms with Crippen LogP contribution in [0.4, 0.5) is 0 Å². The molecule has 0 saturated carbocycles. The van der Waals surface area contributed by atoms with Crippen molar-refractivity contribution in [2.24, 2.45) is 5.73 Å². The van der Waals surface area contributed by atoms with E-state index in [9.17, 15) is 9.00 Å². The van der Waals surface area contributed by atoms with Gasteiger partial charge in [0.05, 0.1) is 5.56 Å². The van der Waals surface area contributed by atoms with Crippen molar-refractivity contribution in [3.05, 3.63) is 29.8 Å². The fraction of sp³-hybridized carbons (Fsp3) is 0. The Hall–Kier alpha value is -1.36. The van der Waals surface area contributed by atoms with Gasteiger partial charge >= 0.3 is 0 Å². The van der Waals surface area contributed by atoms with Gasteiger partial charge in [-0.1, -0.05) is 12.1 Å². The van der Waals surface area contributed by atoms with E-state index in [1.165, 1.54) is 12.1 Å². The van der Waals surface area contributed by atoms with Crippen LogP contribution >= 0.6 is 0 Å². The van der Waals surface area contributed by atoms with Gasteiger partial charge in [0.2, 0.25) is 0 Å². The summed E-state index contributed by atoms with van der Waals surface area (Å²) in [6.07, 6.45) is 0. The van der Waals surface area contributed by atoms with Crippen LogP contribution in [-0.2, 0) is 11.9 Å². The van der Waals surface area contributed by atoms with Crippen molar-refractivity contribution in [1.82, 2.24) is 0 Å². The highest BCUT2D eigenvalue weighted by molar-refractivity contribution is 7.60. The van der Waals surface area contributed by atoms with E-state index in [1.54, 1.807) is 12.1 Å². The lowest BCUT2D eigenvalue weighted by molar-refractivity contribution is 0.0999. The fourth-order valence-corrected chi connectivity index (χ4v) is 1.03. The second kappa shape index (κ2) is 3.87. The van der Waals surface area contributed by atoms with E-state index in [2.05, 4.69) is 4.18 Å². The van der Waals surface area contributed by atoms with E-state index in [0.717, 1.165) is 0 Å². The molecule has 1 rings (SSSR count). The van der Waals surface area contributed by atoms with E-state index < -0.39 is 17.9 Å². The number of hydrogen-bond acceptors (Lipinski definition) is 3. The molecule has 0 aliphatic rings. The molecule has 0 unspecified atom stereocenters. The number of thiol groups is 1. The van der Waals surface area contributed by atoms with Crippen molar-refractivity contribution in [1.29, 1.82) is 0 Å². The van der Waals surface area contributed by atoms with Crippen LogP contribution in [0.3, 0.4) is 0 Å². The zero-order valence-corrected chi connectivity index (χ0v) is 6.95. The van der Waals surface area contributed by atoms with Crippen molar-refractivity contribution in [3.8, 4) is 5.75 Å². The minimum Gasteiger partial charge on any atom is -0.402 e. The first-order chi connectivity index (χ1) is 5.75. The highest BCUT2D eigenvalue weighted by Gasteiger charge is 2.06. The number of rotatable bonds is 3. The number of carbonyl (C=O) groups excluding carboxylic acids is 1. The second-order valence-electron chi connectivity index (χ2n) is 2.03. The summed E-state index contributed by atoms with van der Waals surface area (Å²) in [5.74, 6) is -0.379. The Bertz CT molecular complexity index is 313. The Morgan fingerprint density at radius 3 is 2.67 bits per heavy atom. The minimum absolute atomic E-state index is 0.223. The molecule has 64 valence electrons. The van der Waals surface area contributed by atoms with E-state index in [0.29, 0.717) is 0 Å². The lowest BCUT2D eigenvalue weighted by Gasteiger charge is -2.01. The van der Waals surface area contributed by atoms with Crippen molar-refractivity contribution in [3.63, 3.8) is 0 Å². The lowest BCUT2D eigenvalue weighted by atomic mass is 10.2. The molecule has 0 spiro atoms. The van der Waals surface area contributed by atoms with Crippen LogP contribution in [0.15, 0.2) is 24.3 Å². The molecule has 1 aromatic rings. The first kappa shape index (κ1) is 8.73. The zero-order chi connectivity index (χ0) is 8.97. The number of carbonyl (C=O) groups is 1. The molecule has 12 heavy (non-hydrogen) atoms. The third kappa shape index (κ3) is 1.82. The quantitative estimate of drug-likeness (QED) is 0.652. The molecule has 4 nitrogen and oxygen atoms in total. The standard InChI is InChI=1S/C7H7NO3S/c8-7(9)5-3-1-2-4-6(5)11-12-10/h1-4,12H,(H2,8,9). The Kier molecular flexibility index (Phi) is 2.82. The monoisotopic (exact) mass is 185 g/mol. The van der Waals surface area contributed by atoms with E-state index >= 15 is 0 Å². The lowest BCUT2D eigenvalue weighted by Crippen LogP contribution is -2.12. The van der Waals surface area contributed by atoms with E-state index in [-0.39, 0.29) is 11.3 Å². The van der Waals surface area contributed by atoms with Crippen molar-refractivity contribution in [2.45, 2.75) is 0 Å². The molecule has 0 bridgehead atoms. The number of para-hydroxylation sites is 1. The SMILES string of the molecule is NC(=O)c1ccccc1O[SH]=O. The molecule has 0 saturated heterocycles. The molecule has 0 aliphatic carbocycles. The van der Waals surface area contributed by atoms with Gasteiger partial charge in [0.1, 0.15) is 0 Å². The smallest absolute Gasteiger partial charge is 0.252 e. The Labute approximate surface area is 73.0 Å². The average Bonchev–Trinajstić information content (AvgIpc) is 2.05. The summed E-state index contributed by atoms with van der Waals surface area (Å²) in [5.41, 5.74) is 5.24. The van der Waals surface area contributed by atoms with Gasteiger partial charge in [-0.15, -0.1) is 0 Å². The van der Waals surface area contributed by atoms with Gasteiger partial charge in [-0.25, -0.2) is 4.21 Å². The number of hydrogen-bond donors (Lipinski definition) is 2. The van der Waals surface area contributed by atoms with Gasteiger partial charge in [0.15, 0.2) is 17.7 Å². The first-order valence-electron chi connectivity index (χ1n) is 3.14. The predicted molar refractivity (Wildman–Crippen MR) is 45.1 cm³/mol. The third-order valence-corrected chi connectivity index (χ3v) is 1.56. The molecule has 0 heterocycles. The van der Waals surface area contributed by atoms with E-state index in [1.807, 2.05) is 0 Å². The predicted octanol–water partition coefficient (Wildman–Crippen LogP) is 0.0246. The van der Waals surface area contributed by atoms with E-state index in [4.69, 9.17) is 5.73 Å². The molecule has 0 atom stereocenters. The highest BCUT2D eigenvalue weighted by Crippen LogP contribution is 2.16. The van der Waals surface area contributed by atoms with Crippen LogP contribution in [0, 0.1) is 0 Å². The van der Waals surface area contributed by atoms with Gasteiger partial charge in [0.25, 0.3) is 5.91 Å². The van der Waals surface area contributed by atoms with Crippen molar-refractivity contribution >= 4 is 17.9 Å². The summed E-state index contributed by atoms with van der Waals surface area (Å²) < 4.78 is 14.7. The van der Waals surface area contributed by atoms with Crippen LogP contribution in [0.25, 0.3) is 0 Å². The second-order valence-corrected chi connectivity index (χ2v) is 2.36. The van der Waals surface area contributed by atoms with Crippen LogP contribution in [0.1, 0.15) is 10.4 Å². The Morgan fingerprint density at radius 2 is 2.08 bits per heavy atom. The summed E-state index contributed by atoms with van der Waals surface area (Å²) in [7, 11) is 0. The van der Waals surface area contributed by atoms with Crippen LogP contribution in [0.2, 0.25) is 0 Å². The topological polar surface area (TPSA) is 69.4 Å². The number of benzene rings is 1. The van der Waals surface area contributed by atoms with Gasteiger partial charge in [-0.2, -0.15) is 0 Å². The Balaban J connectivity index is 3.07. The summed E-state index contributed by atoms with van der Waals surface area (Å²) in [4.78, 5) is 10.7. The third-order valence-electron chi connectivity index (χ3n) is 1.29. The summed E-state index contributed by atoms with van der Waals surface area (Å²) in [5, 5.41) is 0. The van der Waals surface area contributed by atoms with Gasteiger partial charge in [0, 0.05) is 0 Å². The number of nitrogens with two attached hydrogens (primary N) is 1. The van der Waals surface area contributed by atoms with Crippen LogP contribution in [0.5, 0.6) is 5.75 Å². The maximum Gasteiger partial charge on any atom is 0.252 e. The molecule has 1 amide bonds. The maximum absolute atomic E-state index is 10.7. The normalized spacial score (nSPS) is 9.33.